The van der Waals surface area contributed by atoms with Crippen molar-refractivity contribution in [2.45, 2.75) is 6.54 Å². The average molecular weight is 501 g/mol. The maximum atomic E-state index is 6.61. The topological polar surface area (TPSA) is 109 Å². The van der Waals surface area contributed by atoms with Crippen molar-refractivity contribution in [3.63, 3.8) is 0 Å². The fourth-order valence-corrected chi connectivity index (χ4v) is 4.26. The summed E-state index contributed by atoms with van der Waals surface area (Å²) in [6.45, 7) is 0.701. The van der Waals surface area contributed by atoms with Gasteiger partial charge in [0.05, 0.1) is 23.9 Å². The number of fused-ring (bicyclic) bond motifs is 2. The van der Waals surface area contributed by atoms with Crippen LogP contribution in [0.1, 0.15) is 5.56 Å². The van der Waals surface area contributed by atoms with E-state index in [9.17, 15) is 0 Å². The number of nitrogens with one attached hydrogen (secondary N) is 1. The zero-order chi connectivity index (χ0) is 24.6. The van der Waals surface area contributed by atoms with E-state index in [-0.39, 0.29) is 6.79 Å². The van der Waals surface area contributed by atoms with Crippen LogP contribution in [0, 0.1) is 0 Å². The molecule has 10 heteroatoms. The molecule has 1 aliphatic heterocycles. The highest BCUT2D eigenvalue weighted by Gasteiger charge is 2.21. The van der Waals surface area contributed by atoms with E-state index < -0.39 is 0 Å². The molecular weight excluding hydrogens is 480 g/mol. The highest BCUT2D eigenvalue weighted by atomic mass is 35.5. The molecule has 0 spiro atoms. The molecule has 2 aromatic heterocycles. The van der Waals surface area contributed by atoms with Gasteiger partial charge < -0.3 is 25.3 Å². The minimum absolute atomic E-state index is 0.228. The van der Waals surface area contributed by atoms with Gasteiger partial charge in [0.1, 0.15) is 11.6 Å². The van der Waals surface area contributed by atoms with E-state index in [4.69, 9.17) is 41.6 Å². The van der Waals surface area contributed by atoms with Crippen LogP contribution in [0.5, 0.6) is 17.2 Å². The summed E-state index contributed by atoms with van der Waals surface area (Å²) in [5, 5.41) is 9.25. The molecule has 9 nitrogen and oxygen atoms in total. The van der Waals surface area contributed by atoms with Crippen LogP contribution in [0.3, 0.4) is 0 Å². The summed E-state index contributed by atoms with van der Waals surface area (Å²) in [5.41, 5.74) is 10.2. The van der Waals surface area contributed by atoms with Crippen molar-refractivity contribution < 1.29 is 14.2 Å². The van der Waals surface area contributed by atoms with Crippen molar-refractivity contribution in [1.29, 1.82) is 0 Å². The summed E-state index contributed by atoms with van der Waals surface area (Å²) >= 11 is 6.07. The zero-order valence-electron chi connectivity index (χ0n) is 19.2. The number of rotatable bonds is 6. The first kappa shape index (κ1) is 22.0. The molecule has 0 fully saturated rings. The molecule has 0 radical (unpaired) electrons. The molecule has 180 valence electrons. The largest absolute Gasteiger partial charge is 0.496 e. The minimum atomic E-state index is 0.228. The van der Waals surface area contributed by atoms with Gasteiger partial charge in [-0.05, 0) is 54.1 Å². The Morgan fingerprint density at radius 3 is 2.67 bits per heavy atom. The van der Waals surface area contributed by atoms with Crippen LogP contribution < -0.4 is 25.3 Å². The molecule has 5 aromatic rings. The van der Waals surface area contributed by atoms with Crippen molar-refractivity contribution in [3.8, 4) is 34.2 Å². The first-order valence-corrected chi connectivity index (χ1v) is 11.6. The normalized spacial score (nSPS) is 12.2. The van der Waals surface area contributed by atoms with Gasteiger partial charge >= 0.3 is 0 Å². The number of benzene rings is 3. The van der Waals surface area contributed by atoms with Gasteiger partial charge in [-0.3, -0.25) is 0 Å². The summed E-state index contributed by atoms with van der Waals surface area (Å²) in [6, 6.07) is 20.7. The Morgan fingerprint density at radius 1 is 1.03 bits per heavy atom. The molecule has 0 amide bonds. The number of hydrogen-bond donors (Lipinski definition) is 2. The fraction of sp³-hybridized carbons (Fsp3) is 0.115. The highest BCUT2D eigenvalue weighted by Crippen LogP contribution is 2.37. The van der Waals surface area contributed by atoms with Gasteiger partial charge in [-0.25, -0.2) is 9.67 Å². The molecule has 0 aliphatic carbocycles. The molecule has 0 atom stereocenters. The lowest BCUT2D eigenvalue weighted by atomic mass is 10.1. The molecule has 3 N–H and O–H groups in total. The van der Waals surface area contributed by atoms with Gasteiger partial charge in [-0.1, -0.05) is 29.8 Å². The second-order valence-corrected chi connectivity index (χ2v) is 8.55. The molecule has 3 aromatic carbocycles. The number of nitrogens with two attached hydrogens (primary N) is 1. The number of halogens is 1. The maximum absolute atomic E-state index is 6.61. The maximum Gasteiger partial charge on any atom is 0.231 e. The Kier molecular flexibility index (Phi) is 5.46. The van der Waals surface area contributed by atoms with Crippen molar-refractivity contribution in [2.75, 3.05) is 25.0 Å². The van der Waals surface area contributed by atoms with Crippen LogP contribution in [0.4, 0.5) is 11.8 Å². The third-order valence-corrected chi connectivity index (χ3v) is 6.14. The number of methoxy groups -OCH3 is 1. The number of nitrogens with zero attached hydrogens (tertiary/aromatic N) is 4. The lowest BCUT2D eigenvalue weighted by Gasteiger charge is -2.11. The van der Waals surface area contributed by atoms with Crippen molar-refractivity contribution in [3.05, 3.63) is 77.3 Å². The summed E-state index contributed by atoms with van der Waals surface area (Å²) in [4.78, 5) is 9.51. The smallest absolute Gasteiger partial charge is 0.231 e. The molecule has 36 heavy (non-hydrogen) atoms. The van der Waals surface area contributed by atoms with Crippen molar-refractivity contribution in [1.82, 2.24) is 19.7 Å². The Labute approximate surface area is 211 Å². The zero-order valence-corrected chi connectivity index (χ0v) is 20.0. The van der Waals surface area contributed by atoms with Crippen LogP contribution in [0.25, 0.3) is 28.0 Å². The Balaban J connectivity index is 1.45. The number of nitrogen functional groups attached to an aromatic ring is 1. The standard InChI is InChI=1S/C26H21ClN6O3/c1-34-19-5-3-2-4-18(19)23-22-24(28)33(17-9-7-16(27)8-10-17)32-25(22)31-26(30-23)29-13-15-6-11-20-21(12-15)36-14-35-20/h2-12H,13-14,28H2,1H3,(H,29,31,32). The predicted molar refractivity (Wildman–Crippen MR) is 138 cm³/mol. The predicted octanol–water partition coefficient (Wildman–Crippen LogP) is 5.07. The quantitative estimate of drug-likeness (QED) is 0.332. The van der Waals surface area contributed by atoms with E-state index in [2.05, 4.69) is 10.3 Å². The van der Waals surface area contributed by atoms with Crippen LogP contribution >= 0.6 is 11.6 Å². The number of hydrogen-bond acceptors (Lipinski definition) is 8. The summed E-state index contributed by atoms with van der Waals surface area (Å²) in [5.74, 6) is 2.93. The first-order chi connectivity index (χ1) is 17.6. The van der Waals surface area contributed by atoms with Gasteiger partial charge in [-0.2, -0.15) is 4.98 Å². The Bertz CT molecular complexity index is 1590. The second kappa shape index (κ2) is 8.94. The fourth-order valence-electron chi connectivity index (χ4n) is 4.14. The van der Waals surface area contributed by atoms with E-state index in [1.165, 1.54) is 0 Å². The lowest BCUT2D eigenvalue weighted by molar-refractivity contribution is 0.174. The van der Waals surface area contributed by atoms with E-state index in [0.717, 1.165) is 28.3 Å². The second-order valence-electron chi connectivity index (χ2n) is 8.11. The van der Waals surface area contributed by atoms with Crippen LogP contribution in [-0.4, -0.2) is 33.7 Å². The molecule has 6 rings (SSSR count). The molecule has 0 bridgehead atoms. The third-order valence-electron chi connectivity index (χ3n) is 5.89. The first-order valence-electron chi connectivity index (χ1n) is 11.2. The Hall–Kier alpha value is -4.50. The number of para-hydroxylation sites is 1. The minimum Gasteiger partial charge on any atom is -0.496 e. The SMILES string of the molecule is COc1ccccc1-c1nc(NCc2ccc3c(c2)OCO3)nc2nn(-c3ccc(Cl)cc3)c(N)c12. The number of anilines is 2. The summed E-state index contributed by atoms with van der Waals surface area (Å²) < 4.78 is 18.1. The van der Waals surface area contributed by atoms with Crippen molar-refractivity contribution in [2.24, 2.45) is 0 Å². The van der Waals surface area contributed by atoms with E-state index in [1.807, 2.05) is 54.6 Å². The van der Waals surface area contributed by atoms with Gasteiger partial charge in [0, 0.05) is 17.1 Å². The number of aromatic nitrogens is 4. The molecule has 1 aliphatic rings. The summed E-state index contributed by atoms with van der Waals surface area (Å²) in [6.07, 6.45) is 0. The van der Waals surface area contributed by atoms with Crippen molar-refractivity contribution >= 4 is 34.4 Å². The highest BCUT2D eigenvalue weighted by molar-refractivity contribution is 6.30. The van der Waals surface area contributed by atoms with E-state index in [1.54, 1.807) is 23.9 Å². The van der Waals surface area contributed by atoms with Gasteiger partial charge in [0.2, 0.25) is 12.7 Å². The lowest BCUT2D eigenvalue weighted by Crippen LogP contribution is -2.05. The van der Waals surface area contributed by atoms with Gasteiger partial charge in [0.25, 0.3) is 0 Å². The Morgan fingerprint density at radius 2 is 1.83 bits per heavy atom. The van der Waals surface area contributed by atoms with Gasteiger partial charge in [-0.15, -0.1) is 5.10 Å². The van der Waals surface area contributed by atoms with Crippen LogP contribution in [-0.2, 0) is 6.54 Å². The van der Waals surface area contributed by atoms with Crippen LogP contribution in [0.2, 0.25) is 5.02 Å². The molecule has 0 saturated heterocycles. The van der Waals surface area contributed by atoms with Gasteiger partial charge in [0.15, 0.2) is 17.1 Å². The monoisotopic (exact) mass is 500 g/mol. The van der Waals surface area contributed by atoms with E-state index in [0.29, 0.717) is 45.8 Å². The molecule has 0 unspecified atom stereocenters. The number of ether oxygens (including phenoxy) is 3. The third kappa shape index (κ3) is 3.89. The summed E-state index contributed by atoms with van der Waals surface area (Å²) in [7, 11) is 1.62. The molecule has 3 heterocycles. The van der Waals surface area contributed by atoms with E-state index >= 15 is 0 Å². The van der Waals surface area contributed by atoms with Crippen LogP contribution in [0.15, 0.2) is 66.7 Å². The average Bonchev–Trinajstić information content (AvgIpc) is 3.51. The molecular formula is C26H21ClN6O3. The molecule has 0 saturated carbocycles.